The number of aliphatic carboxylic acids is 1. The summed E-state index contributed by atoms with van der Waals surface area (Å²) in [5.41, 5.74) is -0.236. The maximum atomic E-state index is 11.8. The van der Waals surface area contributed by atoms with Crippen molar-refractivity contribution >= 4 is 17.8 Å². The summed E-state index contributed by atoms with van der Waals surface area (Å²) < 4.78 is 4.74. The molecule has 1 fully saturated rings. The summed E-state index contributed by atoms with van der Waals surface area (Å²) in [6.07, 6.45) is 2.41. The molecule has 0 aromatic carbocycles. The first-order chi connectivity index (χ1) is 9.27. The number of carbonyl (C=O) groups is 3. The average Bonchev–Trinajstić information content (AvgIpc) is 2.97. The number of hydrogen-bond donors (Lipinski definition) is 2. The molecule has 6 heteroatoms. The number of carboxylic acids is 1. The van der Waals surface area contributed by atoms with Gasteiger partial charge in [-0.2, -0.15) is 0 Å². The number of carbonyl (C=O) groups excluding carboxylic acids is 2. The van der Waals surface area contributed by atoms with Gasteiger partial charge in [0.25, 0.3) is 0 Å². The van der Waals surface area contributed by atoms with Crippen LogP contribution >= 0.6 is 0 Å². The number of nitrogens with one attached hydrogen (secondary N) is 1. The molecule has 1 unspecified atom stereocenters. The van der Waals surface area contributed by atoms with Crippen molar-refractivity contribution in [2.75, 3.05) is 6.61 Å². The van der Waals surface area contributed by atoms with E-state index in [-0.39, 0.29) is 41.7 Å². The van der Waals surface area contributed by atoms with Gasteiger partial charge in [0.15, 0.2) is 0 Å². The molecule has 0 aromatic heterocycles. The van der Waals surface area contributed by atoms with Gasteiger partial charge >= 0.3 is 11.9 Å². The van der Waals surface area contributed by atoms with Gasteiger partial charge in [-0.25, -0.2) is 4.79 Å². The third kappa shape index (κ3) is 4.68. The number of hydrogen-bond acceptors (Lipinski definition) is 4. The Labute approximate surface area is 118 Å². The topological polar surface area (TPSA) is 92.7 Å². The smallest absolute Gasteiger partial charge is 0.352 e. The van der Waals surface area contributed by atoms with E-state index in [1.165, 1.54) is 6.08 Å². The summed E-state index contributed by atoms with van der Waals surface area (Å²) in [4.78, 5) is 34.0. The van der Waals surface area contributed by atoms with Crippen LogP contribution in [0.5, 0.6) is 0 Å². The van der Waals surface area contributed by atoms with Crippen molar-refractivity contribution in [3.8, 4) is 0 Å². The Balaban J connectivity index is 2.50. The minimum absolute atomic E-state index is 0.0569. The van der Waals surface area contributed by atoms with E-state index in [0.717, 1.165) is 6.42 Å². The van der Waals surface area contributed by atoms with E-state index < -0.39 is 5.97 Å². The second-order valence-corrected chi connectivity index (χ2v) is 5.50. The van der Waals surface area contributed by atoms with Gasteiger partial charge in [-0.1, -0.05) is 19.9 Å². The van der Waals surface area contributed by atoms with Crippen LogP contribution in [0.3, 0.4) is 0 Å². The minimum Gasteiger partial charge on any atom is -0.477 e. The van der Waals surface area contributed by atoms with Crippen LogP contribution in [0.15, 0.2) is 11.8 Å². The highest BCUT2D eigenvalue weighted by Gasteiger charge is 2.50. The number of amides is 1. The number of carboxylic acid groups (broad SMARTS) is 1. The van der Waals surface area contributed by atoms with Gasteiger partial charge in [0.2, 0.25) is 5.91 Å². The summed E-state index contributed by atoms with van der Waals surface area (Å²) in [7, 11) is 0. The maximum Gasteiger partial charge on any atom is 0.352 e. The van der Waals surface area contributed by atoms with E-state index in [4.69, 9.17) is 9.84 Å². The molecule has 0 saturated heterocycles. The summed E-state index contributed by atoms with van der Waals surface area (Å²) in [6, 6.07) is 0. The lowest BCUT2D eigenvalue weighted by atomic mass is 10.1. The highest BCUT2D eigenvalue weighted by Crippen LogP contribution is 2.51. The van der Waals surface area contributed by atoms with E-state index in [0.29, 0.717) is 6.61 Å². The van der Waals surface area contributed by atoms with E-state index in [1.54, 1.807) is 6.92 Å². The monoisotopic (exact) mass is 283 g/mol. The fourth-order valence-corrected chi connectivity index (χ4v) is 1.89. The molecule has 0 aliphatic heterocycles. The van der Waals surface area contributed by atoms with Gasteiger partial charge in [-0.3, -0.25) is 9.59 Å². The van der Waals surface area contributed by atoms with Crippen molar-refractivity contribution < 1.29 is 24.2 Å². The van der Waals surface area contributed by atoms with Gasteiger partial charge in [0.1, 0.15) is 5.70 Å². The Morgan fingerprint density at radius 1 is 1.40 bits per heavy atom. The minimum atomic E-state index is -1.21. The lowest BCUT2D eigenvalue weighted by Gasteiger charge is -2.07. The van der Waals surface area contributed by atoms with E-state index in [1.807, 2.05) is 13.8 Å². The Morgan fingerprint density at radius 3 is 2.45 bits per heavy atom. The predicted molar refractivity (Wildman–Crippen MR) is 71.6 cm³/mol. The number of esters is 1. The molecule has 0 aromatic rings. The second-order valence-electron chi connectivity index (χ2n) is 5.50. The molecule has 20 heavy (non-hydrogen) atoms. The molecule has 1 aliphatic rings. The van der Waals surface area contributed by atoms with Crippen LogP contribution in [-0.2, 0) is 19.1 Å². The van der Waals surface area contributed by atoms with Crippen molar-refractivity contribution in [3.63, 3.8) is 0 Å². The fraction of sp³-hybridized carbons (Fsp3) is 0.643. The highest BCUT2D eigenvalue weighted by atomic mass is 16.5. The fourth-order valence-electron chi connectivity index (χ4n) is 1.89. The van der Waals surface area contributed by atoms with Crippen LogP contribution in [0.4, 0.5) is 0 Å². The molecule has 1 saturated carbocycles. The van der Waals surface area contributed by atoms with Crippen molar-refractivity contribution in [2.45, 2.75) is 40.0 Å². The van der Waals surface area contributed by atoms with Crippen LogP contribution in [0.1, 0.15) is 40.0 Å². The van der Waals surface area contributed by atoms with E-state index >= 15 is 0 Å². The Kier molecular flexibility index (Phi) is 5.30. The standard InChI is InChI=1S/C14H21NO5/c1-4-20-11(16)7-5-6-10(13(18)19)15-12(17)9-8-14(9,2)3/h6,9H,4-5,7-8H2,1-3H3,(H,15,17)(H,18,19)/b10-6-. The van der Waals surface area contributed by atoms with Crippen molar-refractivity contribution in [1.29, 1.82) is 0 Å². The lowest BCUT2D eigenvalue weighted by Crippen LogP contribution is -2.29. The van der Waals surface area contributed by atoms with Crippen molar-refractivity contribution in [2.24, 2.45) is 11.3 Å². The second kappa shape index (κ2) is 6.54. The Morgan fingerprint density at radius 2 is 2.00 bits per heavy atom. The van der Waals surface area contributed by atoms with Gasteiger partial charge in [-0.05, 0) is 25.2 Å². The van der Waals surface area contributed by atoms with Gasteiger partial charge in [0, 0.05) is 12.3 Å². The Hall–Kier alpha value is -1.85. The lowest BCUT2D eigenvalue weighted by molar-refractivity contribution is -0.143. The molecule has 6 nitrogen and oxygen atoms in total. The molecule has 2 N–H and O–H groups in total. The van der Waals surface area contributed by atoms with Gasteiger partial charge in [0.05, 0.1) is 6.61 Å². The summed E-state index contributed by atoms with van der Waals surface area (Å²) >= 11 is 0. The normalized spacial score (nSPS) is 20.1. The van der Waals surface area contributed by atoms with Crippen LogP contribution < -0.4 is 5.32 Å². The first-order valence-corrected chi connectivity index (χ1v) is 6.68. The van der Waals surface area contributed by atoms with Crippen LogP contribution in [-0.4, -0.2) is 29.6 Å². The van der Waals surface area contributed by atoms with E-state index in [9.17, 15) is 14.4 Å². The zero-order valence-electron chi connectivity index (χ0n) is 12.1. The first kappa shape index (κ1) is 16.2. The molecular formula is C14H21NO5. The third-order valence-electron chi connectivity index (χ3n) is 3.32. The number of ether oxygens (including phenoxy) is 1. The number of rotatable bonds is 7. The van der Waals surface area contributed by atoms with Gasteiger partial charge < -0.3 is 15.2 Å². The van der Waals surface area contributed by atoms with Crippen molar-refractivity contribution in [1.82, 2.24) is 5.32 Å². The summed E-state index contributed by atoms with van der Waals surface area (Å²) in [6.45, 7) is 5.92. The van der Waals surface area contributed by atoms with Crippen LogP contribution in [0.25, 0.3) is 0 Å². The molecular weight excluding hydrogens is 262 g/mol. The average molecular weight is 283 g/mol. The maximum absolute atomic E-state index is 11.8. The molecule has 1 atom stereocenters. The summed E-state index contributed by atoms with van der Waals surface area (Å²) in [5, 5.41) is 11.4. The molecule has 0 radical (unpaired) electrons. The summed E-state index contributed by atoms with van der Waals surface area (Å²) in [5.74, 6) is -2.01. The third-order valence-corrected chi connectivity index (χ3v) is 3.32. The predicted octanol–water partition coefficient (Wildman–Crippen LogP) is 1.46. The molecule has 0 heterocycles. The molecule has 112 valence electrons. The zero-order valence-corrected chi connectivity index (χ0v) is 12.1. The Bertz CT molecular complexity index is 439. The first-order valence-electron chi connectivity index (χ1n) is 6.68. The molecule has 1 amide bonds. The van der Waals surface area contributed by atoms with E-state index in [2.05, 4.69) is 5.32 Å². The zero-order chi connectivity index (χ0) is 15.3. The SMILES string of the molecule is CCOC(=O)CC/C=C(\NC(=O)C1CC1(C)C)C(=O)O. The number of allylic oxidation sites excluding steroid dienone is 1. The van der Waals surface area contributed by atoms with Crippen LogP contribution in [0, 0.1) is 11.3 Å². The van der Waals surface area contributed by atoms with Crippen LogP contribution in [0.2, 0.25) is 0 Å². The largest absolute Gasteiger partial charge is 0.477 e. The quantitative estimate of drug-likeness (QED) is 0.545. The van der Waals surface area contributed by atoms with Gasteiger partial charge in [-0.15, -0.1) is 0 Å². The molecule has 0 bridgehead atoms. The van der Waals surface area contributed by atoms with Crippen molar-refractivity contribution in [3.05, 3.63) is 11.8 Å². The molecule has 0 spiro atoms. The highest BCUT2D eigenvalue weighted by molar-refractivity contribution is 5.94. The molecule has 1 rings (SSSR count). The molecule has 1 aliphatic carbocycles.